The van der Waals surface area contributed by atoms with Crippen molar-refractivity contribution in [3.63, 3.8) is 0 Å². The van der Waals surface area contributed by atoms with Crippen LogP contribution in [0.5, 0.6) is 0 Å². The van der Waals surface area contributed by atoms with Gasteiger partial charge in [0.2, 0.25) is 5.95 Å². The lowest BCUT2D eigenvalue weighted by atomic mass is 10.2. The van der Waals surface area contributed by atoms with E-state index in [4.69, 9.17) is 28.9 Å². The lowest BCUT2D eigenvalue weighted by Gasteiger charge is -2.10. The molecule has 3 aromatic rings. The van der Waals surface area contributed by atoms with Gasteiger partial charge in [0, 0.05) is 6.07 Å². The van der Waals surface area contributed by atoms with Crippen molar-refractivity contribution in [3.05, 3.63) is 51.8 Å². The highest BCUT2D eigenvalue weighted by atomic mass is 35.5. The van der Waals surface area contributed by atoms with Gasteiger partial charge in [0.15, 0.2) is 0 Å². The highest BCUT2D eigenvalue weighted by Gasteiger charge is 2.15. The quantitative estimate of drug-likeness (QED) is 0.725. The number of nitrogen functional groups attached to an aromatic ring is 1. The van der Waals surface area contributed by atoms with Crippen LogP contribution in [0.2, 0.25) is 10.0 Å². The Balaban J connectivity index is 2.38. The van der Waals surface area contributed by atoms with Gasteiger partial charge in [-0.15, -0.1) is 0 Å². The van der Waals surface area contributed by atoms with Crippen LogP contribution in [0, 0.1) is 12.7 Å². The number of imidazole rings is 1. The number of fused-ring (bicyclic) bond motifs is 1. The maximum Gasteiger partial charge on any atom is 0.205 e. The maximum absolute atomic E-state index is 13.7. The molecule has 0 aliphatic carbocycles. The molecule has 0 saturated heterocycles. The molecule has 2 N–H and O–H groups in total. The first-order valence-electron chi connectivity index (χ1n) is 5.87. The van der Waals surface area contributed by atoms with Gasteiger partial charge in [-0.1, -0.05) is 29.3 Å². The number of nitrogens with two attached hydrogens (primary N) is 1. The number of aryl methyl sites for hydroxylation is 1. The van der Waals surface area contributed by atoms with Crippen molar-refractivity contribution in [2.24, 2.45) is 0 Å². The maximum atomic E-state index is 13.7. The second-order valence-electron chi connectivity index (χ2n) is 4.52. The Morgan fingerprint density at radius 3 is 2.65 bits per heavy atom. The summed E-state index contributed by atoms with van der Waals surface area (Å²) in [6.07, 6.45) is 0. The normalized spacial score (nSPS) is 11.2. The Labute approximate surface area is 124 Å². The van der Waals surface area contributed by atoms with Crippen LogP contribution < -0.4 is 5.73 Å². The van der Waals surface area contributed by atoms with Crippen LogP contribution in [-0.2, 0) is 0 Å². The van der Waals surface area contributed by atoms with Crippen molar-refractivity contribution in [3.8, 4) is 5.69 Å². The number of nitrogens with zero attached hydrogens (tertiary/aromatic N) is 2. The molecule has 6 heteroatoms. The van der Waals surface area contributed by atoms with E-state index >= 15 is 0 Å². The molecule has 0 spiro atoms. The van der Waals surface area contributed by atoms with E-state index < -0.39 is 5.82 Å². The third kappa shape index (κ3) is 2.01. The summed E-state index contributed by atoms with van der Waals surface area (Å²) in [6, 6.07) is 8.27. The van der Waals surface area contributed by atoms with E-state index in [0.717, 1.165) is 5.56 Å². The zero-order valence-corrected chi connectivity index (χ0v) is 12.0. The summed E-state index contributed by atoms with van der Waals surface area (Å²) < 4.78 is 15.3. The standard InChI is InChI=1S/C14H10Cl2FN3/c1-7-2-3-8(15)12(4-7)20-13-6-10(17)9(16)5-11(13)19-14(20)18/h2-6H,1H3,(H2,18,19). The van der Waals surface area contributed by atoms with Gasteiger partial charge in [-0.05, 0) is 30.7 Å². The Morgan fingerprint density at radius 1 is 1.15 bits per heavy atom. The van der Waals surface area contributed by atoms with E-state index in [-0.39, 0.29) is 11.0 Å². The van der Waals surface area contributed by atoms with Gasteiger partial charge < -0.3 is 5.73 Å². The van der Waals surface area contributed by atoms with E-state index in [0.29, 0.717) is 21.7 Å². The largest absolute Gasteiger partial charge is 0.369 e. The van der Waals surface area contributed by atoms with Gasteiger partial charge in [0.1, 0.15) is 5.82 Å². The summed E-state index contributed by atoms with van der Waals surface area (Å²) in [4.78, 5) is 4.19. The van der Waals surface area contributed by atoms with Crippen molar-refractivity contribution >= 4 is 40.2 Å². The van der Waals surface area contributed by atoms with Crippen molar-refractivity contribution < 1.29 is 4.39 Å². The molecule has 20 heavy (non-hydrogen) atoms. The summed E-state index contributed by atoms with van der Waals surface area (Å²) >= 11 is 12.0. The fraction of sp³-hybridized carbons (Fsp3) is 0.0714. The van der Waals surface area contributed by atoms with E-state index in [1.54, 1.807) is 10.6 Å². The summed E-state index contributed by atoms with van der Waals surface area (Å²) in [6.45, 7) is 1.94. The van der Waals surface area contributed by atoms with Gasteiger partial charge in [0.25, 0.3) is 0 Å². The van der Waals surface area contributed by atoms with Crippen molar-refractivity contribution in [1.29, 1.82) is 0 Å². The van der Waals surface area contributed by atoms with E-state index in [1.165, 1.54) is 12.1 Å². The Bertz CT molecular complexity index is 827. The molecule has 0 atom stereocenters. The summed E-state index contributed by atoms with van der Waals surface area (Å²) in [5, 5.41) is 0.523. The molecule has 1 aromatic heterocycles. The highest BCUT2D eigenvalue weighted by Crippen LogP contribution is 2.31. The zero-order chi connectivity index (χ0) is 14.4. The van der Waals surface area contributed by atoms with Crippen LogP contribution in [0.15, 0.2) is 30.3 Å². The number of aromatic nitrogens is 2. The van der Waals surface area contributed by atoms with Gasteiger partial charge >= 0.3 is 0 Å². The summed E-state index contributed by atoms with van der Waals surface area (Å²) in [5.74, 6) is -0.293. The second kappa shape index (κ2) is 4.65. The van der Waals surface area contributed by atoms with Crippen molar-refractivity contribution in [2.75, 3.05) is 5.73 Å². The van der Waals surface area contributed by atoms with Crippen molar-refractivity contribution in [2.45, 2.75) is 6.92 Å². The van der Waals surface area contributed by atoms with Gasteiger partial charge in [-0.3, -0.25) is 4.57 Å². The van der Waals surface area contributed by atoms with Gasteiger partial charge in [-0.2, -0.15) is 0 Å². The minimum absolute atomic E-state index is 0.0116. The molecule has 0 aliphatic rings. The molecule has 0 amide bonds. The topological polar surface area (TPSA) is 43.8 Å². The number of rotatable bonds is 1. The Morgan fingerprint density at radius 2 is 1.90 bits per heavy atom. The van der Waals surface area contributed by atoms with Crippen LogP contribution in [0.3, 0.4) is 0 Å². The number of benzene rings is 2. The molecular formula is C14H10Cl2FN3. The molecule has 0 saturated carbocycles. The molecule has 3 nitrogen and oxygen atoms in total. The lowest BCUT2D eigenvalue weighted by molar-refractivity contribution is 0.629. The predicted molar refractivity (Wildman–Crippen MR) is 80.2 cm³/mol. The number of anilines is 1. The zero-order valence-electron chi connectivity index (χ0n) is 10.5. The minimum atomic E-state index is -0.524. The Kier molecular flexibility index (Phi) is 3.07. The molecule has 0 unspecified atom stereocenters. The van der Waals surface area contributed by atoms with Crippen LogP contribution in [0.4, 0.5) is 10.3 Å². The predicted octanol–water partition coefficient (Wildman–Crippen LogP) is 4.36. The van der Waals surface area contributed by atoms with Crippen LogP contribution >= 0.6 is 23.2 Å². The fourth-order valence-electron chi connectivity index (χ4n) is 2.14. The third-order valence-corrected chi connectivity index (χ3v) is 3.67. The van der Waals surface area contributed by atoms with E-state index in [9.17, 15) is 4.39 Å². The molecular weight excluding hydrogens is 300 g/mol. The van der Waals surface area contributed by atoms with Crippen LogP contribution in [0.1, 0.15) is 5.56 Å². The first-order valence-corrected chi connectivity index (χ1v) is 6.62. The third-order valence-electron chi connectivity index (χ3n) is 3.07. The van der Waals surface area contributed by atoms with Crippen LogP contribution in [0.25, 0.3) is 16.7 Å². The first kappa shape index (κ1) is 13.2. The average molecular weight is 310 g/mol. The summed E-state index contributed by atoms with van der Waals surface area (Å²) in [5.41, 5.74) is 8.65. The first-order chi connectivity index (χ1) is 9.47. The lowest BCUT2D eigenvalue weighted by Crippen LogP contribution is -2.01. The monoisotopic (exact) mass is 309 g/mol. The smallest absolute Gasteiger partial charge is 0.205 e. The second-order valence-corrected chi connectivity index (χ2v) is 5.33. The SMILES string of the molecule is Cc1ccc(Cl)c(-n2c(N)nc3cc(Cl)c(F)cc32)c1. The van der Waals surface area contributed by atoms with Crippen molar-refractivity contribution in [1.82, 2.24) is 9.55 Å². The average Bonchev–Trinajstić information content (AvgIpc) is 2.69. The number of halogens is 3. The molecule has 0 aliphatic heterocycles. The van der Waals surface area contributed by atoms with Gasteiger partial charge in [0.05, 0.1) is 26.8 Å². The molecule has 2 aromatic carbocycles. The molecule has 0 fully saturated rings. The van der Waals surface area contributed by atoms with Crippen LogP contribution in [-0.4, -0.2) is 9.55 Å². The van der Waals surface area contributed by atoms with E-state index in [1.807, 2.05) is 19.1 Å². The minimum Gasteiger partial charge on any atom is -0.369 e. The molecule has 3 rings (SSSR count). The van der Waals surface area contributed by atoms with Gasteiger partial charge in [-0.25, -0.2) is 9.37 Å². The molecule has 0 radical (unpaired) electrons. The summed E-state index contributed by atoms with van der Waals surface area (Å²) in [7, 11) is 0. The Hall–Kier alpha value is -1.78. The molecule has 0 bridgehead atoms. The number of hydrogen-bond acceptors (Lipinski definition) is 2. The fourth-order valence-corrected chi connectivity index (χ4v) is 2.50. The number of hydrogen-bond donors (Lipinski definition) is 1. The molecule has 1 heterocycles. The highest BCUT2D eigenvalue weighted by molar-refractivity contribution is 6.32. The van der Waals surface area contributed by atoms with E-state index in [2.05, 4.69) is 4.98 Å². The molecule has 102 valence electrons.